The van der Waals surface area contributed by atoms with E-state index in [0.717, 1.165) is 34.1 Å². The maximum absolute atomic E-state index is 2.50. The van der Waals surface area contributed by atoms with Crippen molar-refractivity contribution in [2.24, 2.45) is 0 Å². The average Bonchev–Trinajstić information content (AvgIpc) is 3.70. The van der Waals surface area contributed by atoms with E-state index in [1.54, 1.807) is 0 Å². The Morgan fingerprint density at radius 1 is 0.200 bits per heavy atom. The van der Waals surface area contributed by atoms with Gasteiger partial charge in [-0.2, -0.15) is 0 Å². The lowest BCUT2D eigenvalue weighted by Crippen LogP contribution is -2.28. The second kappa shape index (κ2) is 18.2. The molecule has 14 aromatic rings. The van der Waals surface area contributed by atoms with Gasteiger partial charge in [-0.25, -0.2) is 0 Å². The SMILES string of the molecule is c1ccc(N(c2ccccc2)c2ccc3ccc4c(N(c5ccc(C6(c7ccccc7)c7ccccc7-c7ccccc76)cc5)c5ccc(C6(c7ccccc7)c7ccccc7-c7ccccc76)cc5)ccc5ccc2c3c54)cc1. The van der Waals surface area contributed by atoms with Crippen LogP contribution in [0.15, 0.2) is 315 Å². The Morgan fingerprint density at radius 2 is 0.463 bits per heavy atom. The van der Waals surface area contributed by atoms with Crippen LogP contribution in [-0.4, -0.2) is 0 Å². The standard InChI is InChI=1S/C78H52N2/c1-5-21-55(22-6-1)77(69-33-17-13-29-63(69)64-30-14-18-34-70(64)77)57-41-45-61(46-42-57)80(62-47-43-58(44-48-62)78(56-23-7-2-8-24-56)71-35-19-15-31-65(71)66-32-16-20-36-72(66)78)74-52-40-54-37-49-67-73(51-39-53-38-50-68(74)76(54)75(53)67)79(59-25-9-3-10-26-59)60-27-11-4-12-28-60/h1-52H. The molecule has 0 N–H and O–H groups in total. The van der Waals surface area contributed by atoms with Gasteiger partial charge in [-0.3, -0.25) is 0 Å². The van der Waals surface area contributed by atoms with Crippen molar-refractivity contribution >= 4 is 66.4 Å². The van der Waals surface area contributed by atoms with E-state index in [-0.39, 0.29) is 0 Å². The van der Waals surface area contributed by atoms with Gasteiger partial charge in [0.2, 0.25) is 0 Å². The molecule has 374 valence electrons. The number of rotatable bonds is 10. The van der Waals surface area contributed by atoms with Gasteiger partial charge >= 0.3 is 0 Å². The summed E-state index contributed by atoms with van der Waals surface area (Å²) >= 11 is 0. The van der Waals surface area contributed by atoms with Crippen LogP contribution in [0.5, 0.6) is 0 Å². The molecule has 14 aromatic carbocycles. The number of nitrogens with zero attached hydrogens (tertiary/aromatic N) is 2. The molecular formula is C78H52N2. The lowest BCUT2D eigenvalue weighted by atomic mass is 9.67. The normalized spacial score (nSPS) is 13.4. The van der Waals surface area contributed by atoms with Crippen molar-refractivity contribution in [2.75, 3.05) is 9.80 Å². The van der Waals surface area contributed by atoms with E-state index in [4.69, 9.17) is 0 Å². The molecule has 80 heavy (non-hydrogen) atoms. The topological polar surface area (TPSA) is 6.48 Å². The quantitative estimate of drug-likeness (QED) is 0.126. The molecule has 2 aliphatic carbocycles. The van der Waals surface area contributed by atoms with Crippen molar-refractivity contribution in [3.8, 4) is 22.3 Å². The summed E-state index contributed by atoms with van der Waals surface area (Å²) in [5.41, 5.74) is 20.9. The number of hydrogen-bond acceptors (Lipinski definition) is 2. The first-order valence-electron chi connectivity index (χ1n) is 27.8. The van der Waals surface area contributed by atoms with E-state index in [1.165, 1.54) is 99.1 Å². The van der Waals surface area contributed by atoms with Crippen LogP contribution >= 0.6 is 0 Å². The maximum Gasteiger partial charge on any atom is 0.0713 e. The highest BCUT2D eigenvalue weighted by molar-refractivity contribution is 6.28. The van der Waals surface area contributed by atoms with E-state index < -0.39 is 10.8 Å². The summed E-state index contributed by atoms with van der Waals surface area (Å²) in [5, 5.41) is 7.33. The molecule has 0 spiro atoms. The molecule has 0 amide bonds. The Balaban J connectivity index is 0.922. The minimum atomic E-state index is -0.517. The van der Waals surface area contributed by atoms with Gasteiger partial charge in [-0.15, -0.1) is 0 Å². The largest absolute Gasteiger partial charge is 0.310 e. The fourth-order valence-corrected chi connectivity index (χ4v) is 14.3. The highest BCUT2D eigenvalue weighted by Crippen LogP contribution is 2.59. The Morgan fingerprint density at radius 3 is 0.800 bits per heavy atom. The third-order valence-corrected chi connectivity index (χ3v) is 17.6. The minimum absolute atomic E-state index is 0.517. The Kier molecular flexibility index (Phi) is 10.4. The molecule has 0 heterocycles. The maximum atomic E-state index is 2.50. The molecule has 0 atom stereocenters. The minimum Gasteiger partial charge on any atom is -0.310 e. The Hall–Kier alpha value is -10.3. The highest BCUT2D eigenvalue weighted by atomic mass is 15.1. The van der Waals surface area contributed by atoms with Crippen LogP contribution in [-0.2, 0) is 10.8 Å². The zero-order chi connectivity index (χ0) is 52.8. The van der Waals surface area contributed by atoms with Crippen molar-refractivity contribution in [1.82, 2.24) is 0 Å². The van der Waals surface area contributed by atoms with Gasteiger partial charge in [-0.05, 0) is 149 Å². The molecule has 2 nitrogen and oxygen atoms in total. The fraction of sp³-hybridized carbons (Fsp3) is 0.0256. The summed E-state index contributed by atoms with van der Waals surface area (Å²) in [6.45, 7) is 0. The summed E-state index contributed by atoms with van der Waals surface area (Å²) in [6.07, 6.45) is 0. The van der Waals surface area contributed by atoms with Crippen LogP contribution in [0.1, 0.15) is 44.5 Å². The molecule has 0 saturated heterocycles. The molecule has 0 saturated carbocycles. The third kappa shape index (κ3) is 6.60. The number of anilines is 6. The smallest absolute Gasteiger partial charge is 0.0713 e. The van der Waals surface area contributed by atoms with Gasteiger partial charge in [0, 0.05) is 33.5 Å². The van der Waals surface area contributed by atoms with Gasteiger partial charge in [0.15, 0.2) is 0 Å². The van der Waals surface area contributed by atoms with Crippen LogP contribution < -0.4 is 9.80 Å². The summed E-state index contributed by atoms with van der Waals surface area (Å²) in [5.74, 6) is 0. The summed E-state index contributed by atoms with van der Waals surface area (Å²) in [6, 6.07) is 117. The molecule has 16 rings (SSSR count). The van der Waals surface area contributed by atoms with Crippen molar-refractivity contribution in [3.05, 3.63) is 360 Å². The molecule has 0 aromatic heterocycles. The molecule has 0 fully saturated rings. The molecule has 0 bridgehead atoms. The predicted molar refractivity (Wildman–Crippen MR) is 334 cm³/mol. The molecular weight excluding hydrogens is 965 g/mol. The first kappa shape index (κ1) is 45.9. The monoisotopic (exact) mass is 1020 g/mol. The zero-order valence-electron chi connectivity index (χ0n) is 43.9. The zero-order valence-corrected chi connectivity index (χ0v) is 43.9. The number of benzene rings is 14. The lowest BCUT2D eigenvalue weighted by Gasteiger charge is -2.35. The van der Waals surface area contributed by atoms with Gasteiger partial charge in [-0.1, -0.05) is 255 Å². The van der Waals surface area contributed by atoms with E-state index in [1.807, 2.05) is 0 Å². The molecule has 0 aliphatic heterocycles. The van der Waals surface area contributed by atoms with Crippen LogP contribution in [0.25, 0.3) is 54.6 Å². The van der Waals surface area contributed by atoms with Crippen molar-refractivity contribution < 1.29 is 0 Å². The Labute approximate surface area is 466 Å². The fourth-order valence-electron chi connectivity index (χ4n) is 14.3. The average molecular weight is 1020 g/mol. The van der Waals surface area contributed by atoms with E-state index in [0.29, 0.717) is 0 Å². The first-order chi connectivity index (χ1) is 39.7. The summed E-state index contributed by atoms with van der Waals surface area (Å²) in [7, 11) is 0. The van der Waals surface area contributed by atoms with Crippen molar-refractivity contribution in [2.45, 2.75) is 10.8 Å². The summed E-state index contributed by atoms with van der Waals surface area (Å²) < 4.78 is 0. The highest BCUT2D eigenvalue weighted by Gasteiger charge is 2.47. The van der Waals surface area contributed by atoms with Crippen LogP contribution in [0.3, 0.4) is 0 Å². The van der Waals surface area contributed by atoms with Crippen LogP contribution in [0.2, 0.25) is 0 Å². The molecule has 0 radical (unpaired) electrons. The van der Waals surface area contributed by atoms with Gasteiger partial charge in [0.1, 0.15) is 0 Å². The predicted octanol–water partition coefficient (Wildman–Crippen LogP) is 20.2. The number of para-hydroxylation sites is 2. The van der Waals surface area contributed by atoms with E-state index in [9.17, 15) is 0 Å². The van der Waals surface area contributed by atoms with Gasteiger partial charge in [0.05, 0.1) is 22.2 Å². The van der Waals surface area contributed by atoms with Crippen LogP contribution in [0, 0.1) is 0 Å². The van der Waals surface area contributed by atoms with Gasteiger partial charge in [0.25, 0.3) is 0 Å². The number of fused-ring (bicyclic) bond motifs is 6. The first-order valence-corrected chi connectivity index (χ1v) is 27.8. The molecule has 2 aliphatic rings. The molecule has 2 heteroatoms. The van der Waals surface area contributed by atoms with E-state index >= 15 is 0 Å². The van der Waals surface area contributed by atoms with Crippen molar-refractivity contribution in [1.29, 1.82) is 0 Å². The second-order valence-corrected chi connectivity index (χ2v) is 21.4. The molecule has 0 unspecified atom stereocenters. The number of hydrogen-bond donors (Lipinski definition) is 0. The lowest BCUT2D eigenvalue weighted by molar-refractivity contribution is 0.768. The second-order valence-electron chi connectivity index (χ2n) is 21.4. The van der Waals surface area contributed by atoms with Crippen LogP contribution in [0.4, 0.5) is 34.1 Å². The van der Waals surface area contributed by atoms with E-state index in [2.05, 4.69) is 325 Å². The third-order valence-electron chi connectivity index (χ3n) is 17.6. The Bertz CT molecular complexity index is 4310. The van der Waals surface area contributed by atoms with Gasteiger partial charge < -0.3 is 9.80 Å². The van der Waals surface area contributed by atoms with Crippen molar-refractivity contribution in [3.63, 3.8) is 0 Å². The summed E-state index contributed by atoms with van der Waals surface area (Å²) in [4.78, 5) is 4.90.